The molecule has 2 saturated heterocycles. The Balaban J connectivity index is 1.74. The van der Waals surface area contributed by atoms with E-state index in [-0.39, 0.29) is 0 Å². The first-order chi connectivity index (χ1) is 9.43. The fraction of sp³-hybridized carbons (Fsp3) is 0.533. The van der Waals surface area contributed by atoms with Gasteiger partial charge in [-0.25, -0.2) is 8.42 Å². The van der Waals surface area contributed by atoms with Crippen LogP contribution in [0.4, 0.5) is 0 Å². The SMILES string of the molecule is CS(=O)(=O)c1ccc(CN2C3CCC2CC(=O)C3)cc1. The fourth-order valence-corrected chi connectivity index (χ4v) is 4.00. The lowest BCUT2D eigenvalue weighted by atomic mass is 10.0. The van der Waals surface area contributed by atoms with E-state index in [1.165, 1.54) is 6.26 Å². The normalized spacial score (nSPS) is 26.9. The van der Waals surface area contributed by atoms with E-state index >= 15 is 0 Å². The predicted molar refractivity (Wildman–Crippen MR) is 76.1 cm³/mol. The maximum absolute atomic E-state index is 11.6. The molecule has 0 spiro atoms. The Morgan fingerprint density at radius 3 is 2.15 bits per heavy atom. The van der Waals surface area contributed by atoms with E-state index in [2.05, 4.69) is 4.90 Å². The summed E-state index contributed by atoms with van der Waals surface area (Å²) in [5.74, 6) is 0.390. The van der Waals surface area contributed by atoms with Crippen molar-refractivity contribution in [2.75, 3.05) is 6.26 Å². The van der Waals surface area contributed by atoms with Gasteiger partial charge in [0.1, 0.15) is 5.78 Å². The van der Waals surface area contributed by atoms with Crippen LogP contribution in [0, 0.1) is 0 Å². The zero-order valence-electron chi connectivity index (χ0n) is 11.6. The third-order valence-electron chi connectivity index (χ3n) is 4.41. The van der Waals surface area contributed by atoms with E-state index in [1.54, 1.807) is 12.1 Å². The number of rotatable bonds is 3. The van der Waals surface area contributed by atoms with Crippen LogP contribution in [-0.2, 0) is 21.2 Å². The number of carbonyl (C=O) groups excluding carboxylic acids is 1. The quantitative estimate of drug-likeness (QED) is 0.852. The van der Waals surface area contributed by atoms with Crippen LogP contribution in [0.5, 0.6) is 0 Å². The van der Waals surface area contributed by atoms with Crippen LogP contribution in [-0.4, -0.2) is 37.4 Å². The van der Waals surface area contributed by atoms with Crippen LogP contribution in [0.2, 0.25) is 0 Å². The number of hydrogen-bond acceptors (Lipinski definition) is 4. The highest BCUT2D eigenvalue weighted by atomic mass is 32.2. The maximum Gasteiger partial charge on any atom is 0.175 e. The lowest BCUT2D eigenvalue weighted by molar-refractivity contribution is -0.123. The van der Waals surface area contributed by atoms with Gasteiger partial charge in [0.25, 0.3) is 0 Å². The van der Waals surface area contributed by atoms with Crippen LogP contribution in [0.25, 0.3) is 0 Å². The van der Waals surface area contributed by atoms with Crippen LogP contribution in [0.15, 0.2) is 29.2 Å². The first kappa shape index (κ1) is 13.8. The first-order valence-electron chi connectivity index (χ1n) is 7.00. The van der Waals surface area contributed by atoms with E-state index in [4.69, 9.17) is 0 Å². The van der Waals surface area contributed by atoms with Crippen molar-refractivity contribution in [3.63, 3.8) is 0 Å². The molecule has 2 unspecified atom stereocenters. The third-order valence-corrected chi connectivity index (χ3v) is 5.54. The molecular formula is C15H19NO3S. The topological polar surface area (TPSA) is 54.5 Å². The highest BCUT2D eigenvalue weighted by molar-refractivity contribution is 7.90. The minimum atomic E-state index is -3.13. The van der Waals surface area contributed by atoms with Crippen molar-refractivity contribution in [2.45, 2.75) is 49.2 Å². The van der Waals surface area contributed by atoms with E-state index < -0.39 is 9.84 Å². The van der Waals surface area contributed by atoms with E-state index in [0.29, 0.717) is 35.6 Å². The smallest absolute Gasteiger partial charge is 0.175 e. The average molecular weight is 293 g/mol. The standard InChI is InChI=1S/C15H19NO3S/c1-20(18,19)15-6-2-11(3-7-15)10-16-12-4-5-13(16)9-14(17)8-12/h2-3,6-7,12-13H,4-5,8-10H2,1H3. The Morgan fingerprint density at radius 2 is 1.65 bits per heavy atom. The molecule has 1 aromatic rings. The lowest BCUT2D eigenvalue weighted by Crippen LogP contribution is -2.42. The van der Waals surface area contributed by atoms with Gasteiger partial charge in [-0.15, -0.1) is 0 Å². The molecule has 4 nitrogen and oxygen atoms in total. The zero-order valence-corrected chi connectivity index (χ0v) is 12.4. The highest BCUT2D eigenvalue weighted by Gasteiger charge is 2.39. The molecule has 0 radical (unpaired) electrons. The summed E-state index contributed by atoms with van der Waals surface area (Å²) in [6.45, 7) is 0.812. The molecule has 0 amide bonds. The minimum Gasteiger partial charge on any atom is -0.300 e. The van der Waals surface area contributed by atoms with E-state index in [9.17, 15) is 13.2 Å². The van der Waals surface area contributed by atoms with Crippen molar-refractivity contribution in [3.05, 3.63) is 29.8 Å². The molecule has 2 aliphatic heterocycles. The molecule has 2 fully saturated rings. The molecule has 2 bridgehead atoms. The van der Waals surface area contributed by atoms with E-state index in [1.807, 2.05) is 12.1 Å². The van der Waals surface area contributed by atoms with Gasteiger partial charge in [0, 0.05) is 37.7 Å². The van der Waals surface area contributed by atoms with Gasteiger partial charge in [0.15, 0.2) is 9.84 Å². The van der Waals surface area contributed by atoms with Crippen LogP contribution in [0.1, 0.15) is 31.2 Å². The number of piperidine rings is 1. The minimum absolute atomic E-state index is 0.359. The summed E-state index contributed by atoms with van der Waals surface area (Å²) in [4.78, 5) is 14.4. The molecule has 2 aliphatic rings. The van der Waals surface area contributed by atoms with Gasteiger partial charge < -0.3 is 0 Å². The van der Waals surface area contributed by atoms with Gasteiger partial charge in [0.2, 0.25) is 0 Å². The Bertz CT molecular complexity index is 605. The summed E-state index contributed by atoms with van der Waals surface area (Å²) in [5.41, 5.74) is 1.11. The van der Waals surface area contributed by atoms with Crippen molar-refractivity contribution >= 4 is 15.6 Å². The number of Topliss-reactive ketones (excluding diaryl/α,β-unsaturated/α-hetero) is 1. The molecule has 1 aromatic carbocycles. The number of hydrogen-bond donors (Lipinski definition) is 0. The highest BCUT2D eigenvalue weighted by Crippen LogP contribution is 2.35. The maximum atomic E-state index is 11.6. The summed E-state index contributed by atoms with van der Waals surface area (Å²) < 4.78 is 22.9. The van der Waals surface area contributed by atoms with Crippen molar-refractivity contribution in [2.24, 2.45) is 0 Å². The van der Waals surface area contributed by atoms with Gasteiger partial charge in [-0.2, -0.15) is 0 Å². The molecular weight excluding hydrogens is 274 g/mol. The summed E-state index contributed by atoms with van der Waals surface area (Å²) in [6.07, 6.45) is 4.80. The summed E-state index contributed by atoms with van der Waals surface area (Å²) in [6, 6.07) is 7.87. The second kappa shape index (κ2) is 4.97. The lowest BCUT2D eigenvalue weighted by Gasteiger charge is -2.33. The van der Waals surface area contributed by atoms with E-state index in [0.717, 1.165) is 24.9 Å². The molecule has 0 saturated carbocycles. The van der Waals surface area contributed by atoms with Crippen molar-refractivity contribution < 1.29 is 13.2 Å². The Labute approximate surface area is 119 Å². The molecule has 108 valence electrons. The monoisotopic (exact) mass is 293 g/mol. The van der Waals surface area contributed by atoms with Crippen molar-refractivity contribution in [3.8, 4) is 0 Å². The number of carbonyl (C=O) groups is 1. The van der Waals surface area contributed by atoms with Gasteiger partial charge in [-0.3, -0.25) is 9.69 Å². The van der Waals surface area contributed by atoms with Gasteiger partial charge in [0.05, 0.1) is 4.90 Å². The number of nitrogens with zero attached hydrogens (tertiary/aromatic N) is 1. The number of sulfone groups is 1. The fourth-order valence-electron chi connectivity index (χ4n) is 3.37. The Kier molecular flexibility index (Phi) is 3.42. The second-order valence-electron chi connectivity index (χ2n) is 5.92. The first-order valence-corrected chi connectivity index (χ1v) is 8.89. The van der Waals surface area contributed by atoms with Crippen LogP contribution in [0.3, 0.4) is 0 Å². The molecule has 3 rings (SSSR count). The van der Waals surface area contributed by atoms with Crippen LogP contribution < -0.4 is 0 Å². The predicted octanol–water partition coefficient (Wildman–Crippen LogP) is 1.79. The van der Waals surface area contributed by atoms with Gasteiger partial charge in [-0.1, -0.05) is 12.1 Å². The average Bonchev–Trinajstić information content (AvgIpc) is 2.62. The van der Waals surface area contributed by atoms with Gasteiger partial charge >= 0.3 is 0 Å². The van der Waals surface area contributed by atoms with Crippen molar-refractivity contribution in [1.82, 2.24) is 4.90 Å². The van der Waals surface area contributed by atoms with Crippen molar-refractivity contribution in [1.29, 1.82) is 0 Å². The van der Waals surface area contributed by atoms with Gasteiger partial charge in [-0.05, 0) is 30.5 Å². The molecule has 5 heteroatoms. The molecule has 2 heterocycles. The number of fused-ring (bicyclic) bond motifs is 2. The summed E-state index contributed by atoms with van der Waals surface area (Å²) >= 11 is 0. The zero-order chi connectivity index (χ0) is 14.3. The molecule has 2 atom stereocenters. The summed E-state index contributed by atoms with van der Waals surface area (Å²) in [7, 11) is -3.13. The molecule has 0 aliphatic carbocycles. The molecule has 0 N–H and O–H groups in total. The number of benzene rings is 1. The Morgan fingerprint density at radius 1 is 1.10 bits per heavy atom. The third kappa shape index (κ3) is 2.65. The Hall–Kier alpha value is -1.20. The number of ketones is 1. The van der Waals surface area contributed by atoms with Crippen LogP contribution >= 0.6 is 0 Å². The largest absolute Gasteiger partial charge is 0.300 e. The second-order valence-corrected chi connectivity index (χ2v) is 7.94. The summed E-state index contributed by atoms with van der Waals surface area (Å²) in [5, 5.41) is 0. The molecule has 20 heavy (non-hydrogen) atoms. The molecule has 0 aromatic heterocycles.